The number of nitrogens with zero attached hydrogens (tertiary/aromatic N) is 1. The van der Waals surface area contributed by atoms with Crippen molar-refractivity contribution >= 4 is 12.3 Å². The molecule has 0 radical (unpaired) electrons. The fourth-order valence-corrected chi connectivity index (χ4v) is 1.59. The summed E-state index contributed by atoms with van der Waals surface area (Å²) < 4.78 is 45.2. The summed E-state index contributed by atoms with van der Waals surface area (Å²) >= 11 is 0. The van der Waals surface area contributed by atoms with Crippen LogP contribution in [0.4, 0.5) is 13.2 Å². The molecule has 0 spiro atoms. The summed E-state index contributed by atoms with van der Waals surface area (Å²) in [7, 11) is 0. The molecule has 0 unspecified atom stereocenters. The molecule has 0 aliphatic rings. The van der Waals surface area contributed by atoms with Gasteiger partial charge in [-0.15, -0.1) is 13.2 Å². The van der Waals surface area contributed by atoms with Crippen LogP contribution in [0, 0.1) is 11.3 Å². The third kappa shape index (κ3) is 4.80. The van der Waals surface area contributed by atoms with Gasteiger partial charge < -0.3 is 9.47 Å². The lowest BCUT2D eigenvalue weighted by Crippen LogP contribution is -2.19. The number of alkyl halides is 3. The van der Waals surface area contributed by atoms with Gasteiger partial charge in [0.15, 0.2) is 12.0 Å². The maximum Gasteiger partial charge on any atom is 0.573 e. The van der Waals surface area contributed by atoms with Crippen LogP contribution in [0.15, 0.2) is 12.1 Å². The lowest BCUT2D eigenvalue weighted by molar-refractivity contribution is -0.274. The second kappa shape index (κ2) is 6.74. The molecule has 0 heterocycles. The Kier molecular flexibility index (Phi) is 5.30. The minimum atomic E-state index is -5.04. The average Bonchev–Trinajstić information content (AvgIpc) is 2.38. The number of ether oxygens (including phenoxy) is 2. The third-order valence-electron chi connectivity index (χ3n) is 2.30. The van der Waals surface area contributed by atoms with Gasteiger partial charge in [0.2, 0.25) is 0 Å². The Hall–Kier alpha value is -2.56. The third-order valence-corrected chi connectivity index (χ3v) is 2.30. The van der Waals surface area contributed by atoms with Gasteiger partial charge in [-0.25, -0.2) is 0 Å². The SMILES string of the molecule is CCOC(=O)Cc1cc(C#N)c(OC(F)(F)F)c(C=O)c1. The highest BCUT2D eigenvalue weighted by molar-refractivity contribution is 5.83. The maximum absolute atomic E-state index is 12.3. The van der Waals surface area contributed by atoms with Crippen LogP contribution >= 0.6 is 0 Å². The molecule has 0 saturated carbocycles. The zero-order valence-corrected chi connectivity index (χ0v) is 10.9. The van der Waals surface area contributed by atoms with Crippen molar-refractivity contribution in [2.45, 2.75) is 19.7 Å². The Balaban J connectivity index is 3.21. The monoisotopic (exact) mass is 301 g/mol. The van der Waals surface area contributed by atoms with Gasteiger partial charge in [0, 0.05) is 0 Å². The molecular formula is C13H10F3NO4. The highest BCUT2D eigenvalue weighted by atomic mass is 19.4. The Labute approximate surface area is 117 Å². The molecular weight excluding hydrogens is 291 g/mol. The number of nitriles is 1. The van der Waals surface area contributed by atoms with E-state index in [-0.39, 0.29) is 24.9 Å². The average molecular weight is 301 g/mol. The Morgan fingerprint density at radius 1 is 1.43 bits per heavy atom. The number of halogens is 3. The zero-order valence-electron chi connectivity index (χ0n) is 10.9. The van der Waals surface area contributed by atoms with Crippen molar-refractivity contribution in [1.82, 2.24) is 0 Å². The smallest absolute Gasteiger partial charge is 0.466 e. The highest BCUT2D eigenvalue weighted by Crippen LogP contribution is 2.30. The van der Waals surface area contributed by atoms with Crippen molar-refractivity contribution in [3.63, 3.8) is 0 Å². The number of hydrogen-bond donors (Lipinski definition) is 0. The van der Waals surface area contributed by atoms with E-state index in [1.54, 1.807) is 6.92 Å². The number of esters is 1. The zero-order chi connectivity index (χ0) is 16.0. The second-order valence-electron chi connectivity index (χ2n) is 3.82. The highest BCUT2D eigenvalue weighted by Gasteiger charge is 2.33. The largest absolute Gasteiger partial charge is 0.573 e. The summed E-state index contributed by atoms with van der Waals surface area (Å²) in [6.07, 6.45) is -5.18. The van der Waals surface area contributed by atoms with Crippen LogP contribution in [-0.4, -0.2) is 25.2 Å². The minimum Gasteiger partial charge on any atom is -0.466 e. The first kappa shape index (κ1) is 16.5. The van der Waals surface area contributed by atoms with E-state index in [1.165, 1.54) is 6.07 Å². The van der Waals surface area contributed by atoms with Crippen LogP contribution in [0.3, 0.4) is 0 Å². The van der Waals surface area contributed by atoms with Crippen LogP contribution < -0.4 is 4.74 Å². The molecule has 0 amide bonds. The molecule has 21 heavy (non-hydrogen) atoms. The lowest BCUT2D eigenvalue weighted by atomic mass is 10.0. The van der Waals surface area contributed by atoms with Gasteiger partial charge in [0.1, 0.15) is 6.07 Å². The predicted octanol–water partition coefficient (Wildman–Crippen LogP) is 2.37. The number of aldehydes is 1. The van der Waals surface area contributed by atoms with Crippen LogP contribution in [0.2, 0.25) is 0 Å². The first-order valence-corrected chi connectivity index (χ1v) is 5.74. The molecule has 0 fully saturated rings. The summed E-state index contributed by atoms with van der Waals surface area (Å²) in [5.41, 5.74) is -0.775. The van der Waals surface area contributed by atoms with E-state index >= 15 is 0 Å². The molecule has 0 aromatic heterocycles. The van der Waals surface area contributed by atoms with Crippen LogP contribution in [0.5, 0.6) is 5.75 Å². The molecule has 1 rings (SSSR count). The molecule has 0 N–H and O–H groups in total. The number of hydrogen-bond acceptors (Lipinski definition) is 5. The van der Waals surface area contributed by atoms with Gasteiger partial charge in [-0.2, -0.15) is 5.26 Å². The summed E-state index contributed by atoms with van der Waals surface area (Å²) in [6.45, 7) is 1.73. The number of carbonyl (C=O) groups excluding carboxylic acids is 2. The number of carbonyl (C=O) groups is 2. The number of rotatable bonds is 5. The number of benzene rings is 1. The van der Waals surface area contributed by atoms with Crippen molar-refractivity contribution in [3.8, 4) is 11.8 Å². The molecule has 0 aliphatic heterocycles. The van der Waals surface area contributed by atoms with E-state index in [2.05, 4.69) is 9.47 Å². The minimum absolute atomic E-state index is 0.122. The summed E-state index contributed by atoms with van der Waals surface area (Å²) in [4.78, 5) is 22.2. The second-order valence-corrected chi connectivity index (χ2v) is 3.82. The molecule has 112 valence electrons. The molecule has 5 nitrogen and oxygen atoms in total. The fourth-order valence-electron chi connectivity index (χ4n) is 1.59. The van der Waals surface area contributed by atoms with E-state index < -0.39 is 29.2 Å². The fraction of sp³-hybridized carbons (Fsp3) is 0.308. The maximum atomic E-state index is 12.3. The van der Waals surface area contributed by atoms with Crippen molar-refractivity contribution in [2.75, 3.05) is 6.61 Å². The molecule has 0 saturated heterocycles. The standard InChI is InChI=1S/C13H10F3NO4/c1-2-20-11(19)5-8-3-9(6-17)12(10(4-8)7-18)21-13(14,15)16/h3-4,7H,2,5H2,1H3. The Morgan fingerprint density at radius 2 is 2.10 bits per heavy atom. The van der Waals surface area contributed by atoms with Crippen LogP contribution in [0.1, 0.15) is 28.4 Å². The van der Waals surface area contributed by atoms with E-state index in [1.807, 2.05) is 0 Å². The van der Waals surface area contributed by atoms with Crippen LogP contribution in [-0.2, 0) is 16.0 Å². The summed E-state index contributed by atoms with van der Waals surface area (Å²) in [5, 5.41) is 8.87. The summed E-state index contributed by atoms with van der Waals surface area (Å²) in [5.74, 6) is -1.50. The quantitative estimate of drug-likeness (QED) is 0.616. The van der Waals surface area contributed by atoms with E-state index in [9.17, 15) is 22.8 Å². The molecule has 8 heteroatoms. The van der Waals surface area contributed by atoms with Crippen molar-refractivity contribution in [3.05, 3.63) is 28.8 Å². The van der Waals surface area contributed by atoms with Gasteiger partial charge in [-0.3, -0.25) is 9.59 Å². The van der Waals surface area contributed by atoms with E-state index in [4.69, 9.17) is 5.26 Å². The Morgan fingerprint density at radius 3 is 2.57 bits per heavy atom. The van der Waals surface area contributed by atoms with E-state index in [0.29, 0.717) is 0 Å². The van der Waals surface area contributed by atoms with Gasteiger partial charge in [0.05, 0.1) is 24.2 Å². The predicted molar refractivity (Wildman–Crippen MR) is 63.6 cm³/mol. The Bertz CT molecular complexity index is 590. The first-order valence-electron chi connectivity index (χ1n) is 5.74. The topological polar surface area (TPSA) is 76.4 Å². The first-order chi connectivity index (χ1) is 9.80. The van der Waals surface area contributed by atoms with Crippen molar-refractivity contribution < 1.29 is 32.2 Å². The lowest BCUT2D eigenvalue weighted by Gasteiger charge is -2.13. The van der Waals surface area contributed by atoms with E-state index in [0.717, 1.165) is 12.1 Å². The molecule has 0 aliphatic carbocycles. The van der Waals surface area contributed by atoms with Crippen molar-refractivity contribution in [1.29, 1.82) is 5.26 Å². The normalized spacial score (nSPS) is 10.6. The van der Waals surface area contributed by atoms with Gasteiger partial charge in [-0.1, -0.05) is 0 Å². The molecule has 0 bridgehead atoms. The molecule has 1 aromatic rings. The van der Waals surface area contributed by atoms with Gasteiger partial charge in [0.25, 0.3) is 0 Å². The van der Waals surface area contributed by atoms with Gasteiger partial charge >= 0.3 is 12.3 Å². The molecule has 1 aromatic carbocycles. The summed E-state index contributed by atoms with van der Waals surface area (Å²) in [6, 6.07) is 3.60. The van der Waals surface area contributed by atoms with Gasteiger partial charge in [-0.05, 0) is 24.6 Å². The van der Waals surface area contributed by atoms with Crippen molar-refractivity contribution in [2.24, 2.45) is 0 Å². The molecule has 0 atom stereocenters. The van der Waals surface area contributed by atoms with Crippen LogP contribution in [0.25, 0.3) is 0 Å².